The van der Waals surface area contributed by atoms with Gasteiger partial charge in [-0.15, -0.1) is 0 Å². The van der Waals surface area contributed by atoms with Crippen molar-refractivity contribution in [2.45, 2.75) is 44.4 Å². The molecule has 1 aliphatic carbocycles. The lowest BCUT2D eigenvalue weighted by Crippen LogP contribution is -2.39. The summed E-state index contributed by atoms with van der Waals surface area (Å²) in [6, 6.07) is 2.09. The number of aromatic amines is 1. The van der Waals surface area contributed by atoms with Gasteiger partial charge in [-0.3, -0.25) is 9.89 Å². The zero-order valence-corrected chi connectivity index (χ0v) is 11.1. The van der Waals surface area contributed by atoms with Crippen molar-refractivity contribution in [3.63, 3.8) is 0 Å². The molecule has 1 aromatic rings. The predicted molar refractivity (Wildman–Crippen MR) is 70.3 cm³/mol. The lowest BCUT2D eigenvalue weighted by Gasteiger charge is -2.19. The number of nitrogens with one attached hydrogen (secondary N) is 2. The van der Waals surface area contributed by atoms with Crippen molar-refractivity contribution in [1.29, 1.82) is 0 Å². The minimum Gasteiger partial charge on any atom is -0.347 e. The summed E-state index contributed by atoms with van der Waals surface area (Å²) in [5.41, 5.74) is 1.41. The van der Waals surface area contributed by atoms with Crippen LogP contribution in [-0.2, 0) is 0 Å². The number of carbonyl (C=O) groups excluding carboxylic acids is 1. The molecular weight excluding hydrogens is 234 g/mol. The van der Waals surface area contributed by atoms with E-state index in [1.807, 2.05) is 18.7 Å². The Hall–Kier alpha value is -0.970. The van der Waals surface area contributed by atoms with Gasteiger partial charge in [-0.2, -0.15) is 16.9 Å². The van der Waals surface area contributed by atoms with Crippen LogP contribution in [0.2, 0.25) is 0 Å². The average Bonchev–Trinajstić information content (AvgIpc) is 2.89. The van der Waals surface area contributed by atoms with Crippen LogP contribution in [0, 0.1) is 6.92 Å². The van der Waals surface area contributed by atoms with E-state index in [2.05, 4.69) is 22.4 Å². The van der Waals surface area contributed by atoms with Crippen molar-refractivity contribution in [1.82, 2.24) is 15.5 Å². The van der Waals surface area contributed by atoms with Crippen molar-refractivity contribution >= 4 is 17.7 Å². The van der Waals surface area contributed by atoms with Crippen molar-refractivity contribution < 1.29 is 4.79 Å². The van der Waals surface area contributed by atoms with Gasteiger partial charge in [-0.05, 0) is 31.6 Å². The molecule has 0 saturated heterocycles. The number of carbonyl (C=O) groups is 1. The maximum absolute atomic E-state index is 12.0. The van der Waals surface area contributed by atoms with Gasteiger partial charge < -0.3 is 5.32 Å². The molecule has 1 heterocycles. The van der Waals surface area contributed by atoms with Crippen LogP contribution in [0.15, 0.2) is 6.07 Å². The van der Waals surface area contributed by atoms with E-state index in [4.69, 9.17) is 0 Å². The molecule has 0 aliphatic heterocycles. The minimum atomic E-state index is -0.0528. The molecule has 2 N–H and O–H groups in total. The molecule has 0 radical (unpaired) electrons. The summed E-state index contributed by atoms with van der Waals surface area (Å²) in [6.45, 7) is 4.06. The molecule has 0 spiro atoms. The van der Waals surface area contributed by atoms with Crippen LogP contribution in [-0.4, -0.2) is 33.1 Å². The molecule has 94 valence electrons. The molecule has 1 saturated carbocycles. The number of nitrogens with zero attached hydrogens (tertiary/aromatic N) is 1. The third-order valence-electron chi connectivity index (χ3n) is 3.09. The molecule has 1 aliphatic rings. The Kier molecular flexibility index (Phi) is 4.10. The third-order valence-corrected chi connectivity index (χ3v) is 4.41. The minimum absolute atomic E-state index is 0.0528. The highest BCUT2D eigenvalue weighted by atomic mass is 32.2. The smallest absolute Gasteiger partial charge is 0.272 e. The maximum Gasteiger partial charge on any atom is 0.272 e. The number of H-pyrrole nitrogens is 1. The topological polar surface area (TPSA) is 57.8 Å². The number of hydrogen-bond acceptors (Lipinski definition) is 3. The molecule has 0 bridgehead atoms. The Morgan fingerprint density at radius 3 is 3.12 bits per heavy atom. The first-order valence-corrected chi connectivity index (χ1v) is 7.20. The first-order chi connectivity index (χ1) is 8.20. The monoisotopic (exact) mass is 253 g/mol. The largest absolute Gasteiger partial charge is 0.347 e. The second-order valence-electron chi connectivity index (χ2n) is 4.44. The fourth-order valence-electron chi connectivity index (χ4n) is 2.28. The van der Waals surface area contributed by atoms with Crippen LogP contribution in [0.1, 0.15) is 42.4 Å². The van der Waals surface area contributed by atoms with Gasteiger partial charge in [0.2, 0.25) is 0 Å². The molecule has 1 aromatic heterocycles. The Labute approximate surface area is 106 Å². The van der Waals surface area contributed by atoms with Crippen LogP contribution >= 0.6 is 11.8 Å². The highest BCUT2D eigenvalue weighted by Crippen LogP contribution is 2.29. The Morgan fingerprint density at radius 1 is 1.65 bits per heavy atom. The van der Waals surface area contributed by atoms with Gasteiger partial charge in [-0.25, -0.2) is 0 Å². The number of thioether (sulfide) groups is 1. The van der Waals surface area contributed by atoms with Gasteiger partial charge in [0.05, 0.1) is 0 Å². The standard InChI is InChI=1S/C12H19N3OS/c1-3-17-11-6-4-5-9(11)13-12(16)10-7-8(2)14-15-10/h7,9,11H,3-6H2,1-2H3,(H,13,16)(H,14,15)/t9-,11+/m1/s1. The van der Waals surface area contributed by atoms with Gasteiger partial charge in [0, 0.05) is 17.0 Å². The molecule has 4 nitrogen and oxygen atoms in total. The number of hydrogen-bond donors (Lipinski definition) is 2. The quantitative estimate of drug-likeness (QED) is 0.864. The van der Waals surface area contributed by atoms with Crippen molar-refractivity contribution in [2.24, 2.45) is 0 Å². The van der Waals surface area contributed by atoms with Crippen LogP contribution in [0.25, 0.3) is 0 Å². The van der Waals surface area contributed by atoms with Gasteiger partial charge in [-0.1, -0.05) is 13.3 Å². The first kappa shape index (κ1) is 12.5. The van der Waals surface area contributed by atoms with E-state index in [-0.39, 0.29) is 5.91 Å². The van der Waals surface area contributed by atoms with E-state index < -0.39 is 0 Å². The normalized spacial score (nSPS) is 23.9. The molecule has 17 heavy (non-hydrogen) atoms. The van der Waals surface area contributed by atoms with E-state index in [0.29, 0.717) is 17.0 Å². The van der Waals surface area contributed by atoms with Crippen LogP contribution < -0.4 is 5.32 Å². The predicted octanol–water partition coefficient (Wildman–Crippen LogP) is 2.12. The van der Waals surface area contributed by atoms with Gasteiger partial charge in [0.25, 0.3) is 5.91 Å². The molecule has 0 aromatic carbocycles. The van der Waals surface area contributed by atoms with Gasteiger partial charge >= 0.3 is 0 Å². The highest BCUT2D eigenvalue weighted by Gasteiger charge is 2.29. The summed E-state index contributed by atoms with van der Waals surface area (Å²) >= 11 is 1.95. The third kappa shape index (κ3) is 3.03. The van der Waals surface area contributed by atoms with Gasteiger partial charge in [0.15, 0.2) is 0 Å². The molecule has 5 heteroatoms. The van der Waals surface area contributed by atoms with E-state index in [1.54, 1.807) is 6.07 Å². The molecule has 1 amide bonds. The summed E-state index contributed by atoms with van der Waals surface area (Å²) in [7, 11) is 0. The lowest BCUT2D eigenvalue weighted by molar-refractivity contribution is 0.0933. The second-order valence-corrected chi connectivity index (χ2v) is 5.96. The first-order valence-electron chi connectivity index (χ1n) is 6.15. The number of rotatable bonds is 4. The van der Waals surface area contributed by atoms with E-state index >= 15 is 0 Å². The number of aromatic nitrogens is 2. The molecule has 2 rings (SSSR count). The Bertz CT molecular complexity index is 391. The molecule has 2 atom stereocenters. The highest BCUT2D eigenvalue weighted by molar-refractivity contribution is 7.99. The SMILES string of the molecule is CCS[C@H]1CCC[C@H]1NC(=O)c1cc(C)[nH]n1. The number of aryl methyl sites for hydroxylation is 1. The van der Waals surface area contributed by atoms with E-state index in [9.17, 15) is 4.79 Å². The lowest BCUT2D eigenvalue weighted by atomic mass is 10.2. The van der Waals surface area contributed by atoms with Crippen molar-refractivity contribution in [3.05, 3.63) is 17.5 Å². The number of amides is 1. The molecule has 0 unspecified atom stereocenters. The summed E-state index contributed by atoms with van der Waals surface area (Å²) in [6.07, 6.45) is 3.51. The fourth-order valence-corrected chi connectivity index (χ4v) is 3.48. The van der Waals surface area contributed by atoms with Crippen LogP contribution in [0.4, 0.5) is 0 Å². The van der Waals surface area contributed by atoms with Gasteiger partial charge in [0.1, 0.15) is 5.69 Å². The van der Waals surface area contributed by atoms with Crippen molar-refractivity contribution in [2.75, 3.05) is 5.75 Å². The van der Waals surface area contributed by atoms with Crippen molar-refractivity contribution in [3.8, 4) is 0 Å². The summed E-state index contributed by atoms with van der Waals surface area (Å²) in [5, 5.41) is 10.5. The van der Waals surface area contributed by atoms with E-state index in [1.165, 1.54) is 12.8 Å². The summed E-state index contributed by atoms with van der Waals surface area (Å²) < 4.78 is 0. The summed E-state index contributed by atoms with van der Waals surface area (Å²) in [5.74, 6) is 1.06. The molecule has 1 fully saturated rings. The maximum atomic E-state index is 12.0. The zero-order valence-electron chi connectivity index (χ0n) is 10.3. The fraction of sp³-hybridized carbons (Fsp3) is 0.667. The zero-order chi connectivity index (χ0) is 12.3. The average molecular weight is 253 g/mol. The second kappa shape index (κ2) is 5.58. The summed E-state index contributed by atoms with van der Waals surface area (Å²) in [4.78, 5) is 12.0. The molecular formula is C12H19N3OS. The van der Waals surface area contributed by atoms with Crippen LogP contribution in [0.5, 0.6) is 0 Å². The Morgan fingerprint density at radius 2 is 2.47 bits per heavy atom. The van der Waals surface area contributed by atoms with Crippen LogP contribution in [0.3, 0.4) is 0 Å². The van der Waals surface area contributed by atoms with E-state index in [0.717, 1.165) is 17.9 Å². The Balaban J connectivity index is 1.94.